The molecule has 0 N–H and O–H groups in total. The molecule has 0 aromatic carbocycles. The van der Waals surface area contributed by atoms with Crippen LogP contribution in [-0.4, -0.2) is 43.7 Å². The molecule has 0 bridgehead atoms. The number of carbonyl (C=O) groups excluding carboxylic acids is 2. The van der Waals surface area contributed by atoms with Crippen LogP contribution in [0.1, 0.15) is 70.6 Å². The minimum Gasteiger partial charge on any atom is -0.436 e. The molecule has 0 radical (unpaired) electrons. The number of ketones is 1. The van der Waals surface area contributed by atoms with Gasteiger partial charge in [-0.25, -0.2) is 0 Å². The lowest BCUT2D eigenvalue weighted by Gasteiger charge is -2.24. The van der Waals surface area contributed by atoms with E-state index in [4.69, 9.17) is 18.9 Å². The van der Waals surface area contributed by atoms with Gasteiger partial charge in [-0.05, 0) is 63.0 Å². The van der Waals surface area contributed by atoms with E-state index >= 15 is 0 Å². The average molecular weight is 392 g/mol. The molecule has 28 heavy (non-hydrogen) atoms. The highest BCUT2D eigenvalue weighted by Crippen LogP contribution is 2.25. The van der Waals surface area contributed by atoms with E-state index in [-0.39, 0.29) is 30.4 Å². The summed E-state index contributed by atoms with van der Waals surface area (Å²) in [5, 5.41) is 0. The van der Waals surface area contributed by atoms with Gasteiger partial charge in [0.05, 0.1) is 12.7 Å². The number of allylic oxidation sites excluding steroid dienone is 3. The quantitative estimate of drug-likeness (QED) is 0.336. The van der Waals surface area contributed by atoms with E-state index in [1.807, 2.05) is 18.2 Å². The van der Waals surface area contributed by atoms with Crippen LogP contribution < -0.4 is 0 Å². The molecule has 2 aliphatic heterocycles. The Morgan fingerprint density at radius 1 is 1.07 bits per heavy atom. The lowest BCUT2D eigenvalue weighted by atomic mass is 10.1. The largest absolute Gasteiger partial charge is 0.436 e. The number of hydrogen-bond donors (Lipinski definition) is 0. The van der Waals surface area contributed by atoms with Gasteiger partial charge in [0.15, 0.2) is 12.1 Å². The van der Waals surface area contributed by atoms with Crippen LogP contribution in [0.5, 0.6) is 0 Å². The van der Waals surface area contributed by atoms with Gasteiger partial charge < -0.3 is 18.9 Å². The summed E-state index contributed by atoms with van der Waals surface area (Å²) in [6.07, 6.45) is 14.2. The number of carbonyl (C=O) groups is 2. The standard InChI is InChI=1S/C22H32O6/c23-19-16-18(27-21-11-5-7-13-25-21)15-17(19)9-3-1-2-4-10-20(24)28-22-12-6-8-14-26-22/h1,3,15,18,21-22H,2,4-14,16H2/b3-1-/t18-,21?,22?/m0/s1. The Morgan fingerprint density at radius 2 is 1.82 bits per heavy atom. The zero-order chi connectivity index (χ0) is 19.6. The highest BCUT2D eigenvalue weighted by molar-refractivity contribution is 5.98. The van der Waals surface area contributed by atoms with Gasteiger partial charge in [0.1, 0.15) is 0 Å². The smallest absolute Gasteiger partial charge is 0.308 e. The third kappa shape index (κ3) is 7.15. The average Bonchev–Trinajstić information content (AvgIpc) is 3.05. The van der Waals surface area contributed by atoms with E-state index in [1.54, 1.807) is 0 Å². The predicted octanol–water partition coefficient (Wildman–Crippen LogP) is 3.98. The Labute approximate surface area is 167 Å². The first-order valence-electron chi connectivity index (χ1n) is 10.7. The number of ether oxygens (including phenoxy) is 4. The number of rotatable bonds is 9. The molecule has 3 rings (SSSR count). The molecule has 2 heterocycles. The van der Waals surface area contributed by atoms with Crippen LogP contribution in [0.15, 0.2) is 23.8 Å². The highest BCUT2D eigenvalue weighted by atomic mass is 16.7. The number of unbranched alkanes of at least 4 members (excludes halogenated alkanes) is 1. The van der Waals surface area contributed by atoms with Crippen molar-refractivity contribution in [3.8, 4) is 0 Å². The molecule has 3 atom stereocenters. The molecule has 0 aromatic heterocycles. The summed E-state index contributed by atoms with van der Waals surface area (Å²) in [5.41, 5.74) is 0.811. The van der Waals surface area contributed by atoms with Crippen molar-refractivity contribution in [1.29, 1.82) is 0 Å². The Kier molecular flexibility index (Phi) is 8.70. The summed E-state index contributed by atoms with van der Waals surface area (Å²) in [5.74, 6) is -0.0413. The first-order valence-corrected chi connectivity index (χ1v) is 10.7. The highest BCUT2D eigenvalue weighted by Gasteiger charge is 2.27. The van der Waals surface area contributed by atoms with Crippen molar-refractivity contribution >= 4 is 11.8 Å². The van der Waals surface area contributed by atoms with Crippen LogP contribution in [0.4, 0.5) is 0 Å². The Bertz CT molecular complexity index is 570. The van der Waals surface area contributed by atoms with E-state index in [2.05, 4.69) is 0 Å². The molecule has 156 valence electrons. The minimum absolute atomic E-state index is 0.154. The molecule has 2 unspecified atom stereocenters. The van der Waals surface area contributed by atoms with Gasteiger partial charge >= 0.3 is 5.97 Å². The lowest BCUT2D eigenvalue weighted by molar-refractivity contribution is -0.186. The van der Waals surface area contributed by atoms with Gasteiger partial charge in [0.2, 0.25) is 6.29 Å². The minimum atomic E-state index is -0.355. The number of esters is 1. The molecular formula is C22H32O6. The molecule has 6 nitrogen and oxygen atoms in total. The molecule has 0 amide bonds. The molecule has 6 heteroatoms. The van der Waals surface area contributed by atoms with E-state index in [0.29, 0.717) is 25.9 Å². The van der Waals surface area contributed by atoms with Gasteiger partial charge in [0, 0.05) is 25.9 Å². The first kappa shape index (κ1) is 21.2. The lowest BCUT2D eigenvalue weighted by Crippen LogP contribution is -2.26. The van der Waals surface area contributed by atoms with Gasteiger partial charge in [0.25, 0.3) is 0 Å². The van der Waals surface area contributed by atoms with Crippen LogP contribution in [0.25, 0.3) is 0 Å². The Balaban J connectivity index is 1.28. The van der Waals surface area contributed by atoms with Crippen molar-refractivity contribution in [3.05, 3.63) is 23.8 Å². The summed E-state index contributed by atoms with van der Waals surface area (Å²) in [7, 11) is 0. The topological polar surface area (TPSA) is 71.1 Å². The summed E-state index contributed by atoms with van der Waals surface area (Å²) < 4.78 is 22.2. The van der Waals surface area contributed by atoms with Crippen LogP contribution in [0.3, 0.4) is 0 Å². The fourth-order valence-corrected chi connectivity index (χ4v) is 3.67. The maximum Gasteiger partial charge on any atom is 0.308 e. The molecular weight excluding hydrogens is 360 g/mol. The number of hydrogen-bond acceptors (Lipinski definition) is 6. The molecule has 2 saturated heterocycles. The molecule has 0 aromatic rings. The second-order valence-corrected chi connectivity index (χ2v) is 7.64. The zero-order valence-corrected chi connectivity index (χ0v) is 16.6. The maximum absolute atomic E-state index is 12.1. The summed E-state index contributed by atoms with van der Waals surface area (Å²) >= 11 is 0. The van der Waals surface area contributed by atoms with Crippen LogP contribution in [0.2, 0.25) is 0 Å². The second-order valence-electron chi connectivity index (χ2n) is 7.64. The second kappa shape index (κ2) is 11.5. The van der Waals surface area contributed by atoms with Gasteiger partial charge in [-0.1, -0.05) is 12.2 Å². The fourth-order valence-electron chi connectivity index (χ4n) is 3.67. The molecule has 3 aliphatic rings. The van der Waals surface area contributed by atoms with Gasteiger partial charge in [-0.3, -0.25) is 9.59 Å². The third-order valence-electron chi connectivity index (χ3n) is 5.25. The normalized spacial score (nSPS) is 28.5. The van der Waals surface area contributed by atoms with E-state index < -0.39 is 0 Å². The fraction of sp³-hybridized carbons (Fsp3) is 0.727. The Morgan fingerprint density at radius 3 is 2.54 bits per heavy atom. The van der Waals surface area contributed by atoms with Crippen molar-refractivity contribution < 1.29 is 28.5 Å². The molecule has 0 spiro atoms. The summed E-state index contributed by atoms with van der Waals surface area (Å²) in [6.45, 7) is 1.42. The summed E-state index contributed by atoms with van der Waals surface area (Å²) in [4.78, 5) is 23.9. The van der Waals surface area contributed by atoms with Crippen LogP contribution in [0, 0.1) is 0 Å². The third-order valence-corrected chi connectivity index (χ3v) is 5.25. The first-order chi connectivity index (χ1) is 13.7. The number of Topliss-reactive ketones (excluding diaryl/α,β-unsaturated/α-hetero) is 1. The van der Waals surface area contributed by atoms with Crippen molar-refractivity contribution in [3.63, 3.8) is 0 Å². The van der Waals surface area contributed by atoms with Crippen molar-refractivity contribution in [2.45, 2.75) is 89.3 Å². The van der Waals surface area contributed by atoms with Crippen LogP contribution in [-0.2, 0) is 28.5 Å². The maximum atomic E-state index is 12.1. The Hall–Kier alpha value is -1.50. The molecule has 0 saturated carbocycles. The van der Waals surface area contributed by atoms with Crippen LogP contribution >= 0.6 is 0 Å². The van der Waals surface area contributed by atoms with Crippen molar-refractivity contribution in [2.75, 3.05) is 13.2 Å². The van der Waals surface area contributed by atoms with Crippen molar-refractivity contribution in [2.24, 2.45) is 0 Å². The van der Waals surface area contributed by atoms with Gasteiger partial charge in [-0.2, -0.15) is 0 Å². The van der Waals surface area contributed by atoms with Gasteiger partial charge in [-0.15, -0.1) is 0 Å². The van der Waals surface area contributed by atoms with E-state index in [9.17, 15) is 9.59 Å². The summed E-state index contributed by atoms with van der Waals surface area (Å²) in [6, 6.07) is 0. The SMILES string of the molecule is O=C(CCC/C=C\CC1=C[C@H](OC2CCCCO2)CC1=O)OC1CCCCO1. The molecule has 2 fully saturated rings. The van der Waals surface area contributed by atoms with E-state index in [1.165, 1.54) is 0 Å². The van der Waals surface area contributed by atoms with E-state index in [0.717, 1.165) is 63.5 Å². The molecule has 1 aliphatic carbocycles. The predicted molar refractivity (Wildman–Crippen MR) is 103 cm³/mol. The zero-order valence-electron chi connectivity index (χ0n) is 16.6. The van der Waals surface area contributed by atoms with Crippen molar-refractivity contribution in [1.82, 2.24) is 0 Å². The monoisotopic (exact) mass is 392 g/mol.